The molecule has 0 saturated heterocycles. The molecule has 64 heavy (non-hydrogen) atoms. The summed E-state index contributed by atoms with van der Waals surface area (Å²) in [6.45, 7) is 11.4. The molecule has 0 radical (unpaired) electrons. The van der Waals surface area contributed by atoms with Crippen LogP contribution in [-0.4, -0.2) is 37.2 Å². The molecule has 0 rings (SSSR count). The fourth-order valence-electron chi connectivity index (χ4n) is 8.87. The molecule has 0 bridgehead atoms. The van der Waals surface area contributed by atoms with Gasteiger partial charge in [0, 0.05) is 19.3 Å². The summed E-state index contributed by atoms with van der Waals surface area (Å²) >= 11 is 0. The third-order valence-corrected chi connectivity index (χ3v) is 13.2. The Hall–Kier alpha value is -1.59. The second-order valence-corrected chi connectivity index (χ2v) is 20.9. The number of hydrogen-bond donors (Lipinski definition) is 0. The van der Waals surface area contributed by atoms with Crippen LogP contribution < -0.4 is 0 Å². The maximum atomic E-state index is 12.8. The lowest BCUT2D eigenvalue weighted by atomic mass is 10.0. The van der Waals surface area contributed by atoms with Gasteiger partial charge in [-0.05, 0) is 31.1 Å². The third-order valence-electron chi connectivity index (χ3n) is 13.2. The van der Waals surface area contributed by atoms with Crippen LogP contribution in [0, 0.1) is 11.8 Å². The van der Waals surface area contributed by atoms with Crippen molar-refractivity contribution < 1.29 is 28.6 Å². The molecule has 0 aliphatic heterocycles. The zero-order valence-electron chi connectivity index (χ0n) is 43.9. The van der Waals surface area contributed by atoms with Crippen molar-refractivity contribution in [2.75, 3.05) is 13.2 Å². The zero-order valence-corrected chi connectivity index (χ0v) is 43.9. The van der Waals surface area contributed by atoms with E-state index in [-0.39, 0.29) is 31.1 Å². The van der Waals surface area contributed by atoms with Crippen molar-refractivity contribution in [3.8, 4) is 0 Å². The smallest absolute Gasteiger partial charge is 0.306 e. The summed E-state index contributed by atoms with van der Waals surface area (Å²) in [5, 5.41) is 0. The number of hydrogen-bond acceptors (Lipinski definition) is 6. The largest absolute Gasteiger partial charge is 0.462 e. The molecule has 0 aromatic rings. The van der Waals surface area contributed by atoms with Crippen LogP contribution in [-0.2, 0) is 28.6 Å². The number of rotatable bonds is 52. The van der Waals surface area contributed by atoms with Crippen LogP contribution in [0.25, 0.3) is 0 Å². The van der Waals surface area contributed by atoms with Crippen LogP contribution in [0.15, 0.2) is 0 Å². The lowest BCUT2D eigenvalue weighted by Crippen LogP contribution is -2.30. The molecule has 0 fully saturated rings. The first-order chi connectivity index (χ1) is 31.2. The van der Waals surface area contributed by atoms with E-state index in [1.165, 1.54) is 212 Å². The van der Waals surface area contributed by atoms with Crippen molar-refractivity contribution in [2.24, 2.45) is 11.8 Å². The molecule has 0 aliphatic rings. The summed E-state index contributed by atoms with van der Waals surface area (Å²) in [7, 11) is 0. The monoisotopic (exact) mass is 905 g/mol. The van der Waals surface area contributed by atoms with Crippen molar-refractivity contribution in [2.45, 2.75) is 330 Å². The van der Waals surface area contributed by atoms with Gasteiger partial charge in [0.25, 0.3) is 0 Å². The molecule has 0 aromatic heterocycles. The topological polar surface area (TPSA) is 78.9 Å². The van der Waals surface area contributed by atoms with E-state index in [0.29, 0.717) is 19.3 Å². The average molecular weight is 906 g/mol. The maximum Gasteiger partial charge on any atom is 0.306 e. The van der Waals surface area contributed by atoms with Crippen LogP contribution in [0.5, 0.6) is 0 Å². The predicted octanol–water partition coefficient (Wildman–Crippen LogP) is 18.9. The molecule has 6 nitrogen and oxygen atoms in total. The number of carbonyl (C=O) groups is 3. The number of unbranched alkanes of at least 4 members (excludes halogenated alkanes) is 37. The lowest BCUT2D eigenvalue weighted by Gasteiger charge is -2.18. The Labute approximate surface area is 399 Å². The number of ether oxygens (including phenoxy) is 3. The van der Waals surface area contributed by atoms with Crippen molar-refractivity contribution in [3.05, 3.63) is 0 Å². The predicted molar refractivity (Wildman–Crippen MR) is 275 cm³/mol. The second kappa shape index (κ2) is 50.8. The highest BCUT2D eigenvalue weighted by Crippen LogP contribution is 2.18. The van der Waals surface area contributed by atoms with E-state index in [1.807, 2.05) is 0 Å². The van der Waals surface area contributed by atoms with Crippen molar-refractivity contribution >= 4 is 17.9 Å². The summed E-state index contributed by atoms with van der Waals surface area (Å²) in [6, 6.07) is 0. The number of carbonyl (C=O) groups excluding carboxylic acids is 3. The minimum Gasteiger partial charge on any atom is -0.462 e. The lowest BCUT2D eigenvalue weighted by molar-refractivity contribution is -0.167. The van der Waals surface area contributed by atoms with Gasteiger partial charge in [-0.2, -0.15) is 0 Å². The van der Waals surface area contributed by atoms with E-state index in [1.54, 1.807) is 0 Å². The van der Waals surface area contributed by atoms with Crippen molar-refractivity contribution in [1.82, 2.24) is 0 Å². The molecule has 6 heteroatoms. The maximum absolute atomic E-state index is 12.8. The van der Waals surface area contributed by atoms with Gasteiger partial charge in [-0.1, -0.05) is 285 Å². The minimum atomic E-state index is -0.763. The van der Waals surface area contributed by atoms with Crippen LogP contribution in [0.2, 0.25) is 0 Å². The SMILES string of the molecule is CCCCCCCCCCCCCCCCCCCCC(=O)OC[C@@H](COC(=O)CCCCCCCCCCCCC(C)C)OC(=O)CCCCCCCCCCCCCCC(C)C. The molecule has 0 heterocycles. The van der Waals surface area contributed by atoms with Crippen LogP contribution in [0.1, 0.15) is 324 Å². The van der Waals surface area contributed by atoms with Gasteiger partial charge in [0.1, 0.15) is 13.2 Å². The van der Waals surface area contributed by atoms with E-state index in [9.17, 15) is 14.4 Å². The first-order valence-electron chi connectivity index (χ1n) is 28.7. The molecule has 1 atom stereocenters. The Morgan fingerprint density at radius 1 is 0.297 bits per heavy atom. The summed E-state index contributed by atoms with van der Waals surface area (Å²) in [4.78, 5) is 38.1. The van der Waals surface area contributed by atoms with Gasteiger partial charge in [0.2, 0.25) is 0 Å². The Bertz CT molecular complexity index is 978. The van der Waals surface area contributed by atoms with Gasteiger partial charge in [-0.15, -0.1) is 0 Å². The minimum absolute atomic E-state index is 0.0629. The van der Waals surface area contributed by atoms with Gasteiger partial charge < -0.3 is 14.2 Å². The van der Waals surface area contributed by atoms with Gasteiger partial charge in [0.15, 0.2) is 6.10 Å². The van der Waals surface area contributed by atoms with Gasteiger partial charge >= 0.3 is 17.9 Å². The fraction of sp³-hybridized carbons (Fsp3) is 0.948. The Balaban J connectivity index is 4.28. The van der Waals surface area contributed by atoms with E-state index in [0.717, 1.165) is 69.6 Å². The van der Waals surface area contributed by atoms with E-state index < -0.39 is 6.10 Å². The molecular weight excluding hydrogens is 793 g/mol. The molecule has 0 aromatic carbocycles. The van der Waals surface area contributed by atoms with E-state index in [4.69, 9.17) is 14.2 Å². The van der Waals surface area contributed by atoms with Gasteiger partial charge in [0.05, 0.1) is 0 Å². The van der Waals surface area contributed by atoms with E-state index in [2.05, 4.69) is 34.6 Å². The first kappa shape index (κ1) is 62.4. The second-order valence-electron chi connectivity index (χ2n) is 20.9. The highest BCUT2D eigenvalue weighted by molar-refractivity contribution is 5.71. The van der Waals surface area contributed by atoms with Crippen LogP contribution >= 0.6 is 0 Å². The normalized spacial score (nSPS) is 12.0. The van der Waals surface area contributed by atoms with Crippen LogP contribution in [0.3, 0.4) is 0 Å². The number of esters is 3. The Morgan fingerprint density at radius 2 is 0.516 bits per heavy atom. The summed E-state index contributed by atoms with van der Waals surface area (Å²) in [6.07, 6.45) is 53.8. The summed E-state index contributed by atoms with van der Waals surface area (Å²) < 4.78 is 16.9. The van der Waals surface area contributed by atoms with Gasteiger partial charge in [-0.3, -0.25) is 14.4 Å². The standard InChI is InChI=1S/C58H112O6/c1-6-7-8-9-10-11-12-13-14-15-16-17-18-22-28-33-38-43-48-56(59)62-51-55(52-63-57(60)49-44-39-34-29-25-24-27-32-37-42-47-54(4)5)64-58(61)50-45-40-35-30-23-20-19-21-26-31-36-41-46-53(2)3/h53-55H,6-52H2,1-5H3/t55-/m0/s1. The van der Waals surface area contributed by atoms with E-state index >= 15 is 0 Å². The van der Waals surface area contributed by atoms with Gasteiger partial charge in [-0.25, -0.2) is 0 Å². The molecule has 0 spiro atoms. The fourth-order valence-corrected chi connectivity index (χ4v) is 8.87. The molecular formula is C58H112O6. The molecule has 0 aliphatic carbocycles. The Kier molecular flexibility index (Phi) is 49.6. The van der Waals surface area contributed by atoms with Crippen molar-refractivity contribution in [3.63, 3.8) is 0 Å². The molecule has 380 valence electrons. The molecule has 0 amide bonds. The highest BCUT2D eigenvalue weighted by Gasteiger charge is 2.19. The highest BCUT2D eigenvalue weighted by atomic mass is 16.6. The first-order valence-corrected chi connectivity index (χ1v) is 28.7. The van der Waals surface area contributed by atoms with Crippen molar-refractivity contribution in [1.29, 1.82) is 0 Å². The Morgan fingerprint density at radius 3 is 0.766 bits per heavy atom. The molecule has 0 saturated carbocycles. The molecule has 0 N–H and O–H groups in total. The summed E-state index contributed by atoms with van der Waals surface area (Å²) in [5.41, 5.74) is 0. The average Bonchev–Trinajstić information content (AvgIpc) is 3.27. The quantitative estimate of drug-likeness (QED) is 0.0344. The summed E-state index contributed by atoms with van der Waals surface area (Å²) in [5.74, 6) is 0.809. The molecule has 0 unspecified atom stereocenters. The third kappa shape index (κ3) is 51.4. The zero-order chi connectivity index (χ0) is 46.8. The van der Waals surface area contributed by atoms with Crippen LogP contribution in [0.4, 0.5) is 0 Å².